The average Bonchev–Trinajstić information content (AvgIpc) is 2.15. The quantitative estimate of drug-likeness (QED) is 0.870. The summed E-state index contributed by atoms with van der Waals surface area (Å²) < 4.78 is 1.10. The van der Waals surface area contributed by atoms with E-state index in [4.69, 9.17) is 0 Å². The predicted octanol–water partition coefficient (Wildman–Crippen LogP) is 3.26. The van der Waals surface area contributed by atoms with Crippen LogP contribution in [0.2, 0.25) is 0 Å². The maximum absolute atomic E-state index is 9.60. The monoisotopic (exact) mass is 285 g/mol. The molecule has 1 aromatic rings. The molecule has 1 atom stereocenters. The zero-order valence-electron chi connectivity index (χ0n) is 10.1. The zero-order chi connectivity index (χ0) is 12.2. The van der Waals surface area contributed by atoms with E-state index in [2.05, 4.69) is 40.3 Å². The van der Waals surface area contributed by atoms with Crippen molar-refractivity contribution in [3.8, 4) is 0 Å². The molecule has 0 radical (unpaired) electrons. The van der Waals surface area contributed by atoms with Crippen LogP contribution in [0, 0.1) is 0 Å². The van der Waals surface area contributed by atoms with Crippen LogP contribution in [0.4, 0.5) is 0 Å². The lowest BCUT2D eigenvalue weighted by Gasteiger charge is -2.20. The van der Waals surface area contributed by atoms with Gasteiger partial charge >= 0.3 is 0 Å². The minimum absolute atomic E-state index is 0.305. The van der Waals surface area contributed by atoms with Crippen LogP contribution in [0.5, 0.6) is 0 Å². The summed E-state index contributed by atoms with van der Waals surface area (Å²) >= 11 is 3.46. The van der Waals surface area contributed by atoms with Gasteiger partial charge in [-0.25, -0.2) is 0 Å². The fraction of sp³-hybridized carbons (Fsp3) is 0.538. The molecule has 0 heterocycles. The third-order valence-corrected chi connectivity index (χ3v) is 3.03. The lowest BCUT2D eigenvalue weighted by atomic mass is 10.0. The van der Waals surface area contributed by atoms with Crippen LogP contribution >= 0.6 is 15.9 Å². The van der Waals surface area contributed by atoms with Gasteiger partial charge < -0.3 is 10.4 Å². The molecule has 0 unspecified atom stereocenters. The molecule has 0 spiro atoms. The Morgan fingerprint density at radius 1 is 1.44 bits per heavy atom. The van der Waals surface area contributed by atoms with Gasteiger partial charge in [-0.15, -0.1) is 0 Å². The van der Waals surface area contributed by atoms with Gasteiger partial charge in [-0.05, 0) is 51.4 Å². The minimum Gasteiger partial charge on any atom is -0.390 e. The Hall–Kier alpha value is -0.380. The zero-order valence-corrected chi connectivity index (χ0v) is 11.7. The Morgan fingerprint density at radius 3 is 2.69 bits per heavy atom. The van der Waals surface area contributed by atoms with Crippen LogP contribution in [0.3, 0.4) is 0 Å². The maximum Gasteiger partial charge on any atom is 0.0603 e. The fourth-order valence-electron chi connectivity index (χ4n) is 1.49. The molecule has 0 aliphatic heterocycles. The van der Waals surface area contributed by atoms with Crippen molar-refractivity contribution < 1.29 is 5.11 Å². The summed E-state index contributed by atoms with van der Waals surface area (Å²) in [6.07, 6.45) is 0.755. The van der Waals surface area contributed by atoms with E-state index in [1.807, 2.05) is 26.0 Å². The first-order valence-corrected chi connectivity index (χ1v) is 6.39. The van der Waals surface area contributed by atoms with Crippen molar-refractivity contribution in [3.05, 3.63) is 34.3 Å². The van der Waals surface area contributed by atoms with Gasteiger partial charge in [0.05, 0.1) is 5.60 Å². The highest BCUT2D eigenvalue weighted by Gasteiger charge is 2.12. The summed E-state index contributed by atoms with van der Waals surface area (Å²) in [7, 11) is 0. The molecule has 0 saturated heterocycles. The number of benzene rings is 1. The van der Waals surface area contributed by atoms with E-state index in [-0.39, 0.29) is 0 Å². The third kappa shape index (κ3) is 5.10. The van der Waals surface area contributed by atoms with Crippen molar-refractivity contribution in [1.29, 1.82) is 0 Å². The lowest BCUT2D eigenvalue weighted by molar-refractivity contribution is 0.0705. The molecule has 0 saturated carbocycles. The van der Waals surface area contributed by atoms with E-state index >= 15 is 0 Å². The maximum atomic E-state index is 9.60. The Bertz CT molecular complexity index is 333. The van der Waals surface area contributed by atoms with Gasteiger partial charge in [0.1, 0.15) is 0 Å². The molecule has 1 aromatic carbocycles. The molecule has 16 heavy (non-hydrogen) atoms. The minimum atomic E-state index is -0.593. The number of nitrogens with one attached hydrogen (secondary N) is 1. The molecule has 0 fully saturated rings. The van der Waals surface area contributed by atoms with Crippen molar-refractivity contribution in [2.45, 2.75) is 38.8 Å². The second-order valence-electron chi connectivity index (χ2n) is 4.79. The standard InChI is InChI=1S/C13H20BrNO/c1-10(15-8-7-13(2,3)16)11-5-4-6-12(14)9-11/h4-6,9-10,15-16H,7-8H2,1-3H3/t10-/m0/s1. The van der Waals surface area contributed by atoms with Gasteiger partial charge in [0.15, 0.2) is 0 Å². The Balaban J connectivity index is 2.44. The van der Waals surface area contributed by atoms with Crippen LogP contribution in [0.25, 0.3) is 0 Å². The number of halogens is 1. The molecule has 0 aromatic heterocycles. The number of rotatable bonds is 5. The van der Waals surface area contributed by atoms with Gasteiger partial charge in [-0.1, -0.05) is 28.1 Å². The normalized spacial score (nSPS) is 13.8. The van der Waals surface area contributed by atoms with E-state index in [0.29, 0.717) is 6.04 Å². The van der Waals surface area contributed by atoms with Gasteiger partial charge in [-0.2, -0.15) is 0 Å². The summed E-state index contributed by atoms with van der Waals surface area (Å²) in [4.78, 5) is 0. The Kier molecular flexibility index (Phi) is 4.96. The molecular weight excluding hydrogens is 266 g/mol. The van der Waals surface area contributed by atoms with E-state index in [1.165, 1.54) is 5.56 Å². The van der Waals surface area contributed by atoms with Gasteiger partial charge in [0.2, 0.25) is 0 Å². The number of aliphatic hydroxyl groups is 1. The van der Waals surface area contributed by atoms with Crippen LogP contribution in [0.1, 0.15) is 38.8 Å². The van der Waals surface area contributed by atoms with Gasteiger partial charge in [0, 0.05) is 10.5 Å². The Labute approximate surface area is 106 Å². The molecule has 3 heteroatoms. The Morgan fingerprint density at radius 2 is 2.12 bits per heavy atom. The highest BCUT2D eigenvalue weighted by molar-refractivity contribution is 9.10. The summed E-state index contributed by atoms with van der Waals surface area (Å²) in [5.74, 6) is 0. The molecule has 1 rings (SSSR count). The largest absolute Gasteiger partial charge is 0.390 e. The van der Waals surface area contributed by atoms with Crippen molar-refractivity contribution in [2.75, 3.05) is 6.54 Å². The topological polar surface area (TPSA) is 32.3 Å². The van der Waals surface area contributed by atoms with E-state index in [9.17, 15) is 5.11 Å². The second-order valence-corrected chi connectivity index (χ2v) is 5.71. The fourth-order valence-corrected chi connectivity index (χ4v) is 1.91. The first-order valence-electron chi connectivity index (χ1n) is 5.60. The molecular formula is C13H20BrNO. The summed E-state index contributed by atoms with van der Waals surface area (Å²) in [5, 5.41) is 13.0. The number of hydrogen-bond acceptors (Lipinski definition) is 2. The summed E-state index contributed by atoms with van der Waals surface area (Å²) in [6.45, 7) is 6.61. The van der Waals surface area contributed by atoms with Gasteiger partial charge in [0.25, 0.3) is 0 Å². The molecule has 0 amide bonds. The van der Waals surface area contributed by atoms with E-state index in [1.54, 1.807) is 0 Å². The second kappa shape index (κ2) is 5.80. The number of hydrogen-bond donors (Lipinski definition) is 2. The third-order valence-electron chi connectivity index (χ3n) is 2.54. The van der Waals surface area contributed by atoms with E-state index in [0.717, 1.165) is 17.4 Å². The van der Waals surface area contributed by atoms with Crippen molar-refractivity contribution in [3.63, 3.8) is 0 Å². The van der Waals surface area contributed by atoms with Crippen molar-refractivity contribution in [1.82, 2.24) is 5.32 Å². The molecule has 90 valence electrons. The average molecular weight is 286 g/mol. The highest BCUT2D eigenvalue weighted by atomic mass is 79.9. The first-order chi connectivity index (χ1) is 7.38. The highest BCUT2D eigenvalue weighted by Crippen LogP contribution is 2.18. The van der Waals surface area contributed by atoms with Crippen molar-refractivity contribution >= 4 is 15.9 Å². The van der Waals surface area contributed by atoms with Crippen LogP contribution in [-0.4, -0.2) is 17.3 Å². The molecule has 0 aliphatic rings. The van der Waals surface area contributed by atoms with Crippen LogP contribution in [0.15, 0.2) is 28.7 Å². The predicted molar refractivity (Wildman–Crippen MR) is 71.5 cm³/mol. The summed E-state index contributed by atoms with van der Waals surface area (Å²) in [5.41, 5.74) is 0.661. The van der Waals surface area contributed by atoms with Crippen LogP contribution in [-0.2, 0) is 0 Å². The summed E-state index contributed by atoms with van der Waals surface area (Å²) in [6, 6.07) is 8.58. The molecule has 0 aliphatic carbocycles. The molecule has 2 nitrogen and oxygen atoms in total. The van der Waals surface area contributed by atoms with Gasteiger partial charge in [-0.3, -0.25) is 0 Å². The smallest absolute Gasteiger partial charge is 0.0603 e. The molecule has 0 bridgehead atoms. The van der Waals surface area contributed by atoms with Crippen LogP contribution < -0.4 is 5.32 Å². The van der Waals surface area contributed by atoms with Crippen molar-refractivity contribution in [2.24, 2.45) is 0 Å². The first kappa shape index (κ1) is 13.7. The SMILES string of the molecule is C[C@H](NCCC(C)(C)O)c1cccc(Br)c1. The van der Waals surface area contributed by atoms with E-state index < -0.39 is 5.60 Å². The molecule has 2 N–H and O–H groups in total. The lowest BCUT2D eigenvalue weighted by Crippen LogP contribution is -2.28.